The first-order chi connectivity index (χ1) is 14.0. The Morgan fingerprint density at radius 1 is 1.28 bits per heavy atom. The van der Waals surface area contributed by atoms with E-state index in [0.29, 0.717) is 0 Å². The van der Waals surface area contributed by atoms with Crippen LogP contribution in [0.5, 0.6) is 0 Å². The van der Waals surface area contributed by atoms with Gasteiger partial charge in [0.15, 0.2) is 0 Å². The van der Waals surface area contributed by atoms with E-state index < -0.39 is 0 Å². The zero-order valence-corrected chi connectivity index (χ0v) is 18.5. The molecule has 1 aliphatic carbocycles. The summed E-state index contributed by atoms with van der Waals surface area (Å²) in [6.45, 7) is 10.1. The molecule has 2 aliphatic rings. The molecule has 0 spiro atoms. The van der Waals surface area contributed by atoms with Crippen molar-refractivity contribution in [3.05, 3.63) is 58.9 Å². The number of piperazine rings is 1. The second kappa shape index (κ2) is 8.98. The number of nitrogens with zero attached hydrogens (tertiary/aromatic N) is 3. The van der Waals surface area contributed by atoms with Gasteiger partial charge in [0, 0.05) is 44.6 Å². The van der Waals surface area contributed by atoms with Crippen LogP contribution in [0.3, 0.4) is 0 Å². The second-order valence-corrected chi connectivity index (χ2v) is 8.53. The van der Waals surface area contributed by atoms with Crippen molar-refractivity contribution >= 4 is 12.1 Å². The number of benzene rings is 1. The molecule has 1 aromatic carbocycles. The molecule has 4 heteroatoms. The predicted molar refractivity (Wildman–Crippen MR) is 121 cm³/mol. The van der Waals surface area contributed by atoms with Crippen molar-refractivity contribution in [1.82, 2.24) is 9.80 Å². The molecule has 29 heavy (non-hydrogen) atoms. The number of hydrogen-bond donors (Lipinski definition) is 0. The summed E-state index contributed by atoms with van der Waals surface area (Å²) in [5.74, 6) is 1.07. The van der Waals surface area contributed by atoms with Crippen LogP contribution in [0.4, 0.5) is 0 Å². The van der Waals surface area contributed by atoms with E-state index in [1.165, 1.54) is 36.8 Å². The maximum Gasteiger partial charge on any atom is 0.147 e. The minimum absolute atomic E-state index is 0.130. The summed E-state index contributed by atoms with van der Waals surface area (Å²) in [7, 11) is 3.92. The van der Waals surface area contributed by atoms with Crippen LogP contribution in [0, 0.1) is 0 Å². The first-order valence-electron chi connectivity index (χ1n) is 10.8. The molecule has 0 N–H and O–H groups in total. The maximum atomic E-state index is 11.6. The number of amidine groups is 1. The first-order valence-corrected chi connectivity index (χ1v) is 10.8. The average Bonchev–Trinajstić information content (AvgIpc) is 3.23. The lowest BCUT2D eigenvalue weighted by atomic mass is 9.75. The molecule has 0 atom stereocenters. The van der Waals surface area contributed by atoms with Gasteiger partial charge in [-0.1, -0.05) is 50.6 Å². The normalized spacial score (nSPS) is 21.5. The van der Waals surface area contributed by atoms with Crippen LogP contribution in [0.2, 0.25) is 0 Å². The lowest BCUT2D eigenvalue weighted by Gasteiger charge is -2.42. The molecule has 1 aromatic rings. The number of aliphatic imine (C=N–C) groups is 1. The Balaban J connectivity index is 1.98. The number of hydrogen-bond acceptors (Lipinski definition) is 3. The summed E-state index contributed by atoms with van der Waals surface area (Å²) in [6, 6.07) is 9.12. The average molecular weight is 394 g/mol. The Morgan fingerprint density at radius 2 is 2.00 bits per heavy atom. The van der Waals surface area contributed by atoms with Crippen molar-refractivity contribution in [3.8, 4) is 0 Å². The Labute approximate surface area is 176 Å². The molecule has 0 aromatic heterocycles. The van der Waals surface area contributed by atoms with Crippen LogP contribution in [0.15, 0.2) is 52.8 Å². The summed E-state index contributed by atoms with van der Waals surface area (Å²) in [4.78, 5) is 20.7. The largest absolute Gasteiger partial charge is 0.372 e. The fourth-order valence-corrected chi connectivity index (χ4v) is 4.93. The van der Waals surface area contributed by atoms with Crippen LogP contribution in [-0.4, -0.2) is 49.1 Å². The summed E-state index contributed by atoms with van der Waals surface area (Å²) >= 11 is 0. The quantitative estimate of drug-likeness (QED) is 0.314. The molecule has 1 saturated heterocycles. The summed E-state index contributed by atoms with van der Waals surface area (Å²) in [5, 5.41) is 0. The van der Waals surface area contributed by atoms with Gasteiger partial charge in [-0.3, -0.25) is 9.79 Å². The SMILES string of the molecule is C=C1/C(=C(\C)C=O)N(C(CC2(c3cccc(CC)c3)CCCC2)=NC)CCN1C. The molecule has 0 unspecified atom stereocenters. The zero-order chi connectivity index (χ0) is 21.0. The molecular weight excluding hydrogens is 358 g/mol. The third kappa shape index (κ3) is 4.17. The molecule has 2 fully saturated rings. The van der Waals surface area contributed by atoms with Crippen molar-refractivity contribution < 1.29 is 4.79 Å². The van der Waals surface area contributed by atoms with Crippen molar-refractivity contribution in [1.29, 1.82) is 0 Å². The van der Waals surface area contributed by atoms with Gasteiger partial charge in [0.1, 0.15) is 12.1 Å². The highest BCUT2D eigenvalue weighted by molar-refractivity contribution is 5.88. The molecule has 3 rings (SSSR count). The Hall–Kier alpha value is -2.36. The lowest BCUT2D eigenvalue weighted by molar-refractivity contribution is -0.105. The van der Waals surface area contributed by atoms with E-state index >= 15 is 0 Å². The number of allylic oxidation sites excluding steroid dienone is 1. The minimum Gasteiger partial charge on any atom is -0.372 e. The van der Waals surface area contributed by atoms with Gasteiger partial charge < -0.3 is 9.80 Å². The standard InChI is InChI=1S/C25H35N3O/c1-6-21-10-9-11-22(16-21)25(12-7-8-13-25)17-23(26-4)28-15-14-27(5)20(3)24(28)19(2)18-29/h9-11,16,18H,3,6-8,12-15,17H2,1-2,4-5H3/b24-19-,26-23?. The Kier molecular flexibility index (Phi) is 6.61. The van der Waals surface area contributed by atoms with Crippen molar-refractivity contribution in [2.75, 3.05) is 27.2 Å². The molecule has 0 amide bonds. The summed E-state index contributed by atoms with van der Waals surface area (Å²) in [5.41, 5.74) is 5.51. The van der Waals surface area contributed by atoms with E-state index in [4.69, 9.17) is 4.99 Å². The van der Waals surface area contributed by atoms with E-state index in [2.05, 4.69) is 47.6 Å². The molecule has 1 saturated carbocycles. The number of aryl methyl sites for hydroxylation is 1. The van der Waals surface area contributed by atoms with Crippen LogP contribution < -0.4 is 0 Å². The third-order valence-electron chi connectivity index (χ3n) is 6.79. The van der Waals surface area contributed by atoms with Gasteiger partial charge in [0.05, 0.1) is 11.4 Å². The topological polar surface area (TPSA) is 35.9 Å². The Morgan fingerprint density at radius 3 is 2.62 bits per heavy atom. The van der Waals surface area contributed by atoms with Crippen molar-refractivity contribution in [3.63, 3.8) is 0 Å². The fourth-order valence-electron chi connectivity index (χ4n) is 4.93. The van der Waals surface area contributed by atoms with E-state index in [1.807, 2.05) is 21.0 Å². The van der Waals surface area contributed by atoms with E-state index in [9.17, 15) is 4.79 Å². The maximum absolute atomic E-state index is 11.6. The fraction of sp³-hybridized carbons (Fsp3) is 0.520. The number of rotatable bonds is 5. The monoisotopic (exact) mass is 393 g/mol. The van der Waals surface area contributed by atoms with E-state index in [0.717, 1.165) is 55.0 Å². The summed E-state index contributed by atoms with van der Waals surface area (Å²) < 4.78 is 0. The number of aldehydes is 1. The molecular formula is C25H35N3O. The van der Waals surface area contributed by atoms with Gasteiger partial charge in [0.25, 0.3) is 0 Å². The van der Waals surface area contributed by atoms with Gasteiger partial charge in [0.2, 0.25) is 0 Å². The molecule has 0 radical (unpaired) electrons. The molecule has 1 heterocycles. The van der Waals surface area contributed by atoms with Crippen LogP contribution >= 0.6 is 0 Å². The zero-order valence-electron chi connectivity index (χ0n) is 18.5. The highest BCUT2D eigenvalue weighted by Gasteiger charge is 2.39. The predicted octanol–water partition coefficient (Wildman–Crippen LogP) is 4.71. The van der Waals surface area contributed by atoms with Crippen LogP contribution in [-0.2, 0) is 16.6 Å². The summed E-state index contributed by atoms with van der Waals surface area (Å²) in [6.07, 6.45) is 7.82. The Bertz CT molecular complexity index is 830. The highest BCUT2D eigenvalue weighted by atomic mass is 16.1. The van der Waals surface area contributed by atoms with Gasteiger partial charge in [-0.2, -0.15) is 0 Å². The first kappa shape index (κ1) is 21.4. The smallest absolute Gasteiger partial charge is 0.147 e. The lowest BCUT2D eigenvalue weighted by Crippen LogP contribution is -2.46. The van der Waals surface area contributed by atoms with Crippen LogP contribution in [0.25, 0.3) is 0 Å². The van der Waals surface area contributed by atoms with Gasteiger partial charge in [-0.25, -0.2) is 0 Å². The van der Waals surface area contributed by atoms with E-state index in [1.54, 1.807) is 0 Å². The minimum atomic E-state index is 0.130. The molecule has 156 valence electrons. The second-order valence-electron chi connectivity index (χ2n) is 8.53. The van der Waals surface area contributed by atoms with Gasteiger partial charge >= 0.3 is 0 Å². The molecule has 0 bridgehead atoms. The molecule has 1 aliphatic heterocycles. The van der Waals surface area contributed by atoms with Gasteiger partial charge in [-0.05, 0) is 37.3 Å². The van der Waals surface area contributed by atoms with Crippen molar-refractivity contribution in [2.24, 2.45) is 4.99 Å². The third-order valence-corrected chi connectivity index (χ3v) is 6.79. The van der Waals surface area contributed by atoms with Crippen molar-refractivity contribution in [2.45, 2.75) is 57.8 Å². The number of carbonyl (C=O) groups is 1. The molecule has 4 nitrogen and oxygen atoms in total. The highest BCUT2D eigenvalue weighted by Crippen LogP contribution is 2.45. The van der Waals surface area contributed by atoms with Crippen LogP contribution in [0.1, 0.15) is 57.1 Å². The number of carbonyl (C=O) groups excluding carboxylic acids is 1. The van der Waals surface area contributed by atoms with E-state index in [-0.39, 0.29) is 5.41 Å². The van der Waals surface area contributed by atoms with Gasteiger partial charge in [-0.15, -0.1) is 0 Å². The number of likely N-dealkylation sites (N-methyl/N-ethyl adjacent to an activating group) is 1.